The number of nitrogens with zero attached hydrogens (tertiary/aromatic N) is 2. The summed E-state index contributed by atoms with van der Waals surface area (Å²) >= 11 is 6.12. The summed E-state index contributed by atoms with van der Waals surface area (Å²) in [5.74, 6) is 0.945. The van der Waals surface area contributed by atoms with Crippen LogP contribution in [0.2, 0.25) is 5.02 Å². The number of benzene rings is 1. The van der Waals surface area contributed by atoms with E-state index in [1.165, 1.54) is 13.2 Å². The molecule has 1 rings (SSSR count). The lowest BCUT2D eigenvalue weighted by atomic mass is 10.1. The highest BCUT2D eigenvalue weighted by atomic mass is 35.5. The van der Waals surface area contributed by atoms with Gasteiger partial charge in [0.1, 0.15) is 17.7 Å². The molecule has 5 heteroatoms. The van der Waals surface area contributed by atoms with Gasteiger partial charge in [0.2, 0.25) is 0 Å². The molecule has 0 bridgehead atoms. The molecule has 19 heavy (non-hydrogen) atoms. The molecule has 0 N–H and O–H groups in total. The maximum absolute atomic E-state index is 8.72. The first-order valence-corrected chi connectivity index (χ1v) is 6.06. The maximum atomic E-state index is 8.72. The molecule has 0 fully saturated rings. The molecule has 0 radical (unpaired) electrons. The molecule has 0 aliphatic rings. The molecule has 0 heterocycles. The van der Waals surface area contributed by atoms with Gasteiger partial charge in [-0.1, -0.05) is 18.5 Å². The van der Waals surface area contributed by atoms with Gasteiger partial charge < -0.3 is 9.47 Å². The monoisotopic (exact) mass is 276 g/mol. The number of nitriles is 2. The van der Waals surface area contributed by atoms with E-state index >= 15 is 0 Å². The Kier molecular flexibility index (Phi) is 5.73. The Balaban J connectivity index is 3.21. The Bertz CT molecular complexity index is 552. The van der Waals surface area contributed by atoms with Crippen molar-refractivity contribution in [1.29, 1.82) is 10.5 Å². The molecule has 0 aromatic heterocycles. The SMILES string of the molecule is CCCOc1c(Cl)cc(C=C(C#N)C#N)cc1OC. The summed E-state index contributed by atoms with van der Waals surface area (Å²) in [7, 11) is 1.51. The fraction of sp³-hybridized carbons (Fsp3) is 0.286. The fourth-order valence-electron chi connectivity index (χ4n) is 1.42. The molecule has 0 aliphatic carbocycles. The second-order valence-corrected chi connectivity index (χ2v) is 4.07. The molecule has 0 atom stereocenters. The minimum Gasteiger partial charge on any atom is -0.493 e. The lowest BCUT2D eigenvalue weighted by Crippen LogP contribution is -1.99. The Labute approximate surface area is 117 Å². The van der Waals surface area contributed by atoms with E-state index in [0.29, 0.717) is 28.7 Å². The average molecular weight is 277 g/mol. The van der Waals surface area contributed by atoms with Gasteiger partial charge in [-0.2, -0.15) is 10.5 Å². The van der Waals surface area contributed by atoms with Crippen LogP contribution >= 0.6 is 11.6 Å². The summed E-state index contributed by atoms with van der Waals surface area (Å²) in [4.78, 5) is 0. The van der Waals surface area contributed by atoms with Gasteiger partial charge in [0.25, 0.3) is 0 Å². The number of hydrogen-bond acceptors (Lipinski definition) is 4. The largest absolute Gasteiger partial charge is 0.493 e. The topological polar surface area (TPSA) is 66.0 Å². The summed E-state index contributed by atoms with van der Waals surface area (Å²) in [5.41, 5.74) is 0.615. The van der Waals surface area contributed by atoms with E-state index in [1.807, 2.05) is 6.92 Å². The second kappa shape index (κ2) is 7.31. The van der Waals surface area contributed by atoms with Crippen LogP contribution in [0.15, 0.2) is 17.7 Å². The maximum Gasteiger partial charge on any atom is 0.179 e. The minimum absolute atomic E-state index is 0.000321. The van der Waals surface area contributed by atoms with E-state index in [2.05, 4.69) is 0 Å². The van der Waals surface area contributed by atoms with Crippen LogP contribution in [0.3, 0.4) is 0 Å². The Morgan fingerprint density at radius 1 is 1.37 bits per heavy atom. The number of rotatable bonds is 5. The normalized spacial score (nSPS) is 9.11. The van der Waals surface area contributed by atoms with Crippen molar-refractivity contribution in [3.63, 3.8) is 0 Å². The van der Waals surface area contributed by atoms with Crippen molar-refractivity contribution in [3.05, 3.63) is 28.3 Å². The molecule has 4 nitrogen and oxygen atoms in total. The Hall–Kier alpha value is -2.17. The van der Waals surface area contributed by atoms with Crippen molar-refractivity contribution in [3.8, 4) is 23.6 Å². The summed E-state index contributed by atoms with van der Waals surface area (Å²) in [6, 6.07) is 6.88. The summed E-state index contributed by atoms with van der Waals surface area (Å²) < 4.78 is 10.7. The number of allylic oxidation sites excluding steroid dienone is 1. The highest BCUT2D eigenvalue weighted by Gasteiger charge is 2.11. The molecule has 1 aromatic carbocycles. The highest BCUT2D eigenvalue weighted by Crippen LogP contribution is 2.37. The number of halogens is 1. The molecular weight excluding hydrogens is 264 g/mol. The zero-order valence-electron chi connectivity index (χ0n) is 10.7. The van der Waals surface area contributed by atoms with Gasteiger partial charge in [0.15, 0.2) is 11.5 Å². The minimum atomic E-state index is 0.000321. The average Bonchev–Trinajstić information content (AvgIpc) is 2.43. The summed E-state index contributed by atoms with van der Waals surface area (Å²) in [5, 5.41) is 17.8. The van der Waals surface area contributed by atoms with Crippen LogP contribution in [0.4, 0.5) is 0 Å². The third kappa shape index (κ3) is 3.91. The predicted molar refractivity (Wildman–Crippen MR) is 73.0 cm³/mol. The molecule has 98 valence electrons. The third-order valence-corrected chi connectivity index (χ3v) is 2.53. The second-order valence-electron chi connectivity index (χ2n) is 3.66. The van der Waals surface area contributed by atoms with Crippen LogP contribution in [-0.2, 0) is 0 Å². The standard InChI is InChI=1S/C14H13ClN2O2/c1-3-4-19-14-12(15)6-10(7-13(14)18-2)5-11(8-16)9-17/h5-7H,3-4H2,1-2H3. The van der Waals surface area contributed by atoms with Gasteiger partial charge >= 0.3 is 0 Å². The van der Waals surface area contributed by atoms with E-state index in [0.717, 1.165) is 6.42 Å². The van der Waals surface area contributed by atoms with E-state index in [-0.39, 0.29) is 5.57 Å². The first-order chi connectivity index (χ1) is 9.15. The molecule has 1 aromatic rings. The molecule has 0 aliphatic heterocycles. The Morgan fingerprint density at radius 2 is 2.05 bits per heavy atom. The van der Waals surface area contributed by atoms with Gasteiger partial charge in [0, 0.05) is 0 Å². The van der Waals surface area contributed by atoms with E-state index in [4.69, 9.17) is 31.6 Å². The number of hydrogen-bond donors (Lipinski definition) is 0. The van der Waals surface area contributed by atoms with E-state index in [9.17, 15) is 0 Å². The van der Waals surface area contributed by atoms with Crippen molar-refractivity contribution in [2.24, 2.45) is 0 Å². The molecule has 0 saturated carbocycles. The van der Waals surface area contributed by atoms with Crippen LogP contribution in [-0.4, -0.2) is 13.7 Å². The van der Waals surface area contributed by atoms with Crippen molar-refractivity contribution in [1.82, 2.24) is 0 Å². The van der Waals surface area contributed by atoms with E-state index < -0.39 is 0 Å². The number of methoxy groups -OCH3 is 1. The lowest BCUT2D eigenvalue weighted by molar-refractivity contribution is 0.294. The highest BCUT2D eigenvalue weighted by molar-refractivity contribution is 6.32. The van der Waals surface area contributed by atoms with Crippen LogP contribution in [0.1, 0.15) is 18.9 Å². The lowest BCUT2D eigenvalue weighted by Gasteiger charge is -2.12. The fourth-order valence-corrected chi connectivity index (χ4v) is 1.70. The van der Waals surface area contributed by atoms with Gasteiger partial charge in [-0.25, -0.2) is 0 Å². The van der Waals surface area contributed by atoms with Gasteiger partial charge in [0.05, 0.1) is 18.7 Å². The summed E-state index contributed by atoms with van der Waals surface area (Å²) in [6.07, 6.45) is 2.30. The number of ether oxygens (including phenoxy) is 2. The smallest absolute Gasteiger partial charge is 0.179 e. The first-order valence-electron chi connectivity index (χ1n) is 5.68. The van der Waals surface area contributed by atoms with Gasteiger partial charge in [-0.3, -0.25) is 0 Å². The molecule has 0 amide bonds. The quantitative estimate of drug-likeness (QED) is 0.771. The van der Waals surface area contributed by atoms with Crippen LogP contribution in [0.25, 0.3) is 6.08 Å². The van der Waals surface area contributed by atoms with Crippen LogP contribution in [0, 0.1) is 22.7 Å². The van der Waals surface area contributed by atoms with Crippen LogP contribution < -0.4 is 9.47 Å². The summed E-state index contributed by atoms with van der Waals surface area (Å²) in [6.45, 7) is 2.52. The Morgan fingerprint density at radius 3 is 2.58 bits per heavy atom. The van der Waals surface area contributed by atoms with Crippen LogP contribution in [0.5, 0.6) is 11.5 Å². The first kappa shape index (κ1) is 14.9. The molecule has 0 unspecified atom stereocenters. The molecular formula is C14H13ClN2O2. The molecule has 0 saturated heterocycles. The van der Waals surface area contributed by atoms with E-state index in [1.54, 1.807) is 24.3 Å². The van der Waals surface area contributed by atoms with Crippen molar-refractivity contribution in [2.75, 3.05) is 13.7 Å². The predicted octanol–water partition coefficient (Wildman–Crippen LogP) is 3.57. The van der Waals surface area contributed by atoms with Crippen molar-refractivity contribution in [2.45, 2.75) is 13.3 Å². The van der Waals surface area contributed by atoms with Gasteiger partial charge in [-0.05, 0) is 30.2 Å². The third-order valence-electron chi connectivity index (χ3n) is 2.25. The van der Waals surface area contributed by atoms with Crippen molar-refractivity contribution < 1.29 is 9.47 Å². The van der Waals surface area contributed by atoms with Gasteiger partial charge in [-0.15, -0.1) is 0 Å². The zero-order valence-corrected chi connectivity index (χ0v) is 11.5. The zero-order chi connectivity index (χ0) is 14.3. The van der Waals surface area contributed by atoms with Crippen molar-refractivity contribution >= 4 is 17.7 Å². The molecule has 0 spiro atoms.